The first kappa shape index (κ1) is 19.2. The lowest BCUT2D eigenvalue weighted by Crippen LogP contribution is -2.59. The summed E-state index contributed by atoms with van der Waals surface area (Å²) in [5, 5.41) is 2.75. The summed E-state index contributed by atoms with van der Waals surface area (Å²) in [6.07, 6.45) is -1.80. The van der Waals surface area contributed by atoms with Gasteiger partial charge in [-0.15, -0.1) is 0 Å². The molecule has 3 rings (SSSR count). The van der Waals surface area contributed by atoms with Gasteiger partial charge >= 0.3 is 6.18 Å². The van der Waals surface area contributed by atoms with Crippen LogP contribution in [-0.4, -0.2) is 25.2 Å². The Balaban J connectivity index is 1.94. The molecule has 1 aromatic carbocycles. The highest BCUT2D eigenvalue weighted by Gasteiger charge is 2.63. The van der Waals surface area contributed by atoms with Gasteiger partial charge in [-0.05, 0) is 42.9 Å². The number of alkyl halides is 3. The van der Waals surface area contributed by atoms with E-state index in [2.05, 4.69) is 19.2 Å². The zero-order valence-corrected chi connectivity index (χ0v) is 15.3. The van der Waals surface area contributed by atoms with Crippen molar-refractivity contribution in [2.45, 2.75) is 50.9 Å². The molecular weight excluding hydrogens is 343 g/mol. The molecule has 2 bridgehead atoms. The van der Waals surface area contributed by atoms with E-state index in [-0.39, 0.29) is 23.4 Å². The molecule has 3 nitrogen and oxygen atoms in total. The van der Waals surface area contributed by atoms with Gasteiger partial charge in [0.15, 0.2) is 0 Å². The van der Waals surface area contributed by atoms with Crippen LogP contribution in [0.2, 0.25) is 0 Å². The van der Waals surface area contributed by atoms with Gasteiger partial charge in [-0.1, -0.05) is 44.2 Å². The normalized spacial score (nSPS) is 30.4. The van der Waals surface area contributed by atoms with Crippen LogP contribution in [-0.2, 0) is 15.1 Å². The van der Waals surface area contributed by atoms with E-state index in [0.717, 1.165) is 26.4 Å². The average molecular weight is 369 g/mol. The summed E-state index contributed by atoms with van der Waals surface area (Å²) in [7, 11) is 0.945. The fraction of sp³-hybridized carbons (Fsp3) is 0.650. The van der Waals surface area contributed by atoms with Crippen molar-refractivity contribution >= 4 is 5.91 Å². The van der Waals surface area contributed by atoms with E-state index < -0.39 is 17.7 Å². The fourth-order valence-corrected chi connectivity index (χ4v) is 5.18. The first-order valence-electron chi connectivity index (χ1n) is 9.20. The van der Waals surface area contributed by atoms with Gasteiger partial charge in [0.2, 0.25) is 0 Å². The number of rotatable bonds is 5. The first-order valence-corrected chi connectivity index (χ1v) is 9.20. The highest BCUT2D eigenvalue weighted by molar-refractivity contribution is 5.88. The topological polar surface area (TPSA) is 38.3 Å². The number of fused-ring (bicyclic) bond motifs is 2. The summed E-state index contributed by atoms with van der Waals surface area (Å²) >= 11 is 0. The first-order chi connectivity index (χ1) is 12.2. The standard InChI is InChI=1S/C20H26F3NO2/c1-12(2)16-13-9-10-14(11-13)17(16)24-18(25)19(26-3,20(21,22)23)15-7-5-4-6-8-15/h4-8,12-14,16-17H,9-11H2,1-3H3,(H,24,25)/t13-,14+,16+,17+,19-/m0/s1. The molecule has 0 radical (unpaired) electrons. The van der Waals surface area contributed by atoms with Crippen molar-refractivity contribution in [2.75, 3.05) is 7.11 Å². The molecule has 0 saturated heterocycles. The Morgan fingerprint density at radius 1 is 1.15 bits per heavy atom. The molecule has 1 N–H and O–H groups in total. The molecule has 2 fully saturated rings. The summed E-state index contributed by atoms with van der Waals surface area (Å²) in [6.45, 7) is 4.16. The third-order valence-corrected chi connectivity index (χ3v) is 6.25. The van der Waals surface area contributed by atoms with Crippen molar-refractivity contribution in [1.29, 1.82) is 0 Å². The molecule has 0 spiro atoms. The van der Waals surface area contributed by atoms with Crippen molar-refractivity contribution in [2.24, 2.45) is 23.7 Å². The van der Waals surface area contributed by atoms with Gasteiger partial charge in [-0.3, -0.25) is 4.79 Å². The molecule has 1 aromatic rings. The van der Waals surface area contributed by atoms with E-state index in [1.807, 2.05) is 0 Å². The van der Waals surface area contributed by atoms with Crippen molar-refractivity contribution in [3.8, 4) is 0 Å². The Labute approximate surface area is 152 Å². The second-order valence-corrected chi connectivity index (χ2v) is 7.90. The number of hydrogen-bond acceptors (Lipinski definition) is 2. The lowest BCUT2D eigenvalue weighted by molar-refractivity contribution is -0.266. The molecule has 2 aliphatic carbocycles. The van der Waals surface area contributed by atoms with Crippen LogP contribution in [0.3, 0.4) is 0 Å². The van der Waals surface area contributed by atoms with Gasteiger partial charge in [0, 0.05) is 18.7 Å². The summed E-state index contributed by atoms with van der Waals surface area (Å²) in [6, 6.07) is 6.94. The van der Waals surface area contributed by atoms with Crippen LogP contribution in [0.4, 0.5) is 13.2 Å². The van der Waals surface area contributed by atoms with E-state index in [0.29, 0.717) is 11.8 Å². The summed E-state index contributed by atoms with van der Waals surface area (Å²) in [4.78, 5) is 13.0. The number of hydrogen-bond donors (Lipinski definition) is 1. The Hall–Kier alpha value is -1.56. The van der Waals surface area contributed by atoms with E-state index in [4.69, 9.17) is 4.74 Å². The Morgan fingerprint density at radius 2 is 1.77 bits per heavy atom. The molecule has 1 amide bonds. The van der Waals surface area contributed by atoms with Crippen molar-refractivity contribution in [3.63, 3.8) is 0 Å². The molecule has 26 heavy (non-hydrogen) atoms. The number of amides is 1. The van der Waals surface area contributed by atoms with Gasteiger partial charge in [-0.25, -0.2) is 0 Å². The highest BCUT2D eigenvalue weighted by Crippen LogP contribution is 2.52. The fourth-order valence-electron chi connectivity index (χ4n) is 5.18. The third kappa shape index (κ3) is 2.92. The third-order valence-electron chi connectivity index (χ3n) is 6.25. The number of nitrogens with one attached hydrogen (secondary N) is 1. The molecule has 2 aliphatic rings. The zero-order chi connectivity index (χ0) is 19.1. The van der Waals surface area contributed by atoms with Crippen molar-refractivity contribution in [3.05, 3.63) is 35.9 Å². The second-order valence-electron chi connectivity index (χ2n) is 7.90. The number of carbonyl (C=O) groups excluding carboxylic acids is 1. The maximum atomic E-state index is 14.0. The predicted octanol–water partition coefficient (Wildman–Crippen LogP) is 4.28. The van der Waals surface area contributed by atoms with Gasteiger partial charge in [0.1, 0.15) is 0 Å². The maximum Gasteiger partial charge on any atom is 0.430 e. The maximum absolute atomic E-state index is 14.0. The zero-order valence-electron chi connectivity index (χ0n) is 15.3. The monoisotopic (exact) mass is 369 g/mol. The van der Waals surface area contributed by atoms with Crippen LogP contribution in [0.25, 0.3) is 0 Å². The lowest BCUT2D eigenvalue weighted by atomic mass is 9.77. The van der Waals surface area contributed by atoms with Crippen LogP contribution >= 0.6 is 0 Å². The van der Waals surface area contributed by atoms with E-state index in [9.17, 15) is 18.0 Å². The second kappa shape index (κ2) is 6.87. The van der Waals surface area contributed by atoms with Crippen LogP contribution < -0.4 is 5.32 Å². The number of benzene rings is 1. The molecule has 2 saturated carbocycles. The smallest absolute Gasteiger partial charge is 0.356 e. The number of halogens is 3. The van der Waals surface area contributed by atoms with Gasteiger partial charge in [-0.2, -0.15) is 13.2 Å². The van der Waals surface area contributed by atoms with Crippen molar-refractivity contribution < 1.29 is 22.7 Å². The Morgan fingerprint density at radius 3 is 2.31 bits per heavy atom. The molecule has 0 unspecified atom stereocenters. The lowest BCUT2D eigenvalue weighted by Gasteiger charge is -2.39. The molecule has 0 heterocycles. The summed E-state index contributed by atoms with van der Waals surface area (Å²) < 4.78 is 47.0. The van der Waals surface area contributed by atoms with Crippen LogP contribution in [0.15, 0.2) is 30.3 Å². The van der Waals surface area contributed by atoms with Gasteiger partial charge in [0.05, 0.1) is 0 Å². The minimum atomic E-state index is -4.86. The SMILES string of the molecule is CO[C@](C(=O)N[C@@H]1[C@@H]2CC[C@@H](C2)[C@H]1C(C)C)(c1ccccc1)C(F)(F)F. The predicted molar refractivity (Wildman–Crippen MR) is 92.3 cm³/mol. The number of ether oxygens (including phenoxy) is 1. The minimum Gasteiger partial charge on any atom is -0.356 e. The summed E-state index contributed by atoms with van der Waals surface area (Å²) in [5.74, 6) is 0.174. The van der Waals surface area contributed by atoms with Crippen LogP contribution in [0, 0.1) is 23.7 Å². The van der Waals surface area contributed by atoms with E-state index in [1.54, 1.807) is 6.07 Å². The van der Waals surface area contributed by atoms with Crippen LogP contribution in [0.1, 0.15) is 38.7 Å². The largest absolute Gasteiger partial charge is 0.430 e. The number of methoxy groups -OCH3 is 1. The molecule has 0 aromatic heterocycles. The van der Waals surface area contributed by atoms with E-state index >= 15 is 0 Å². The summed E-state index contributed by atoms with van der Waals surface area (Å²) in [5.41, 5.74) is -3.19. The van der Waals surface area contributed by atoms with Gasteiger partial charge < -0.3 is 10.1 Å². The molecule has 144 valence electrons. The highest BCUT2D eigenvalue weighted by atomic mass is 19.4. The molecule has 5 atom stereocenters. The Bertz CT molecular complexity index is 646. The minimum absolute atomic E-state index is 0.197. The molecule has 6 heteroatoms. The van der Waals surface area contributed by atoms with E-state index in [1.165, 1.54) is 24.3 Å². The Kier molecular flexibility index (Phi) is 5.08. The van der Waals surface area contributed by atoms with Crippen LogP contribution in [0.5, 0.6) is 0 Å². The van der Waals surface area contributed by atoms with Gasteiger partial charge in [0.25, 0.3) is 11.5 Å². The number of carbonyl (C=O) groups is 1. The average Bonchev–Trinajstić information content (AvgIpc) is 3.17. The molecule has 0 aliphatic heterocycles. The van der Waals surface area contributed by atoms with Crippen molar-refractivity contribution in [1.82, 2.24) is 5.32 Å². The quantitative estimate of drug-likeness (QED) is 0.841. The molecular formula is C20H26F3NO2.